The van der Waals surface area contributed by atoms with Gasteiger partial charge in [-0.2, -0.15) is 0 Å². The van der Waals surface area contributed by atoms with Crippen molar-refractivity contribution in [1.29, 1.82) is 0 Å². The van der Waals surface area contributed by atoms with Gasteiger partial charge in [-0.1, -0.05) is 72.8 Å². The number of para-hydroxylation sites is 4. The van der Waals surface area contributed by atoms with Crippen molar-refractivity contribution in [2.45, 2.75) is 0 Å². The van der Waals surface area contributed by atoms with E-state index in [1.807, 2.05) is 34.0 Å². The number of hydrogen-bond acceptors (Lipinski definition) is 5. The molecule has 3 heterocycles. The maximum absolute atomic E-state index is 2.33. The van der Waals surface area contributed by atoms with Crippen molar-refractivity contribution in [1.82, 2.24) is 0 Å². The quantitative estimate of drug-likeness (QED) is 0.176. The van der Waals surface area contributed by atoms with E-state index in [0.717, 1.165) is 22.7 Å². The third-order valence-corrected chi connectivity index (χ3v) is 10.4. The van der Waals surface area contributed by atoms with Crippen LogP contribution in [0.2, 0.25) is 0 Å². The Labute approximate surface area is 252 Å². The van der Waals surface area contributed by atoms with Crippen molar-refractivity contribution in [3.05, 3.63) is 158 Å². The van der Waals surface area contributed by atoms with Gasteiger partial charge in [-0.3, -0.25) is 0 Å². The van der Waals surface area contributed by atoms with Gasteiger partial charge in [0.2, 0.25) is 0 Å². The highest BCUT2D eigenvalue weighted by Gasteiger charge is 2.18. The van der Waals surface area contributed by atoms with Gasteiger partial charge in [0.05, 0.1) is 0 Å². The normalized spacial score (nSPS) is 10.9. The molecule has 0 saturated carbocycles. The van der Waals surface area contributed by atoms with Gasteiger partial charge >= 0.3 is 0 Å². The van der Waals surface area contributed by atoms with Crippen LogP contribution in [0.15, 0.2) is 158 Å². The van der Waals surface area contributed by atoms with Crippen LogP contribution in [0.5, 0.6) is 0 Å². The fourth-order valence-electron chi connectivity index (χ4n) is 4.88. The lowest BCUT2D eigenvalue weighted by Crippen LogP contribution is -2.07. The Balaban J connectivity index is 1.19. The molecule has 0 radical (unpaired) electrons. The summed E-state index contributed by atoms with van der Waals surface area (Å²) in [5.74, 6) is 0. The van der Waals surface area contributed by atoms with Gasteiger partial charge < -0.3 is 9.80 Å². The van der Waals surface area contributed by atoms with Crippen LogP contribution >= 0.6 is 34.0 Å². The largest absolute Gasteiger partial charge is 0.302 e. The minimum Gasteiger partial charge on any atom is -0.302 e. The van der Waals surface area contributed by atoms with Gasteiger partial charge in [-0.05, 0) is 84.9 Å². The lowest BCUT2D eigenvalue weighted by Gasteiger charge is -2.23. The maximum Gasteiger partial charge on any atom is 0.101 e. The summed E-state index contributed by atoms with van der Waals surface area (Å²) >= 11 is 5.51. The third-order valence-electron chi connectivity index (χ3n) is 6.77. The number of hydrogen-bond donors (Lipinski definition) is 0. The maximum atomic E-state index is 2.33. The zero-order valence-electron chi connectivity index (χ0n) is 22.1. The van der Waals surface area contributed by atoms with Crippen molar-refractivity contribution >= 4 is 66.8 Å². The average Bonchev–Trinajstić information content (AvgIpc) is 3.82. The first-order valence-corrected chi connectivity index (χ1v) is 15.9. The number of thiophene rings is 3. The zero-order chi connectivity index (χ0) is 27.4. The standard InChI is InChI=1S/C36H26N2S3/c1-5-13-27(14-6-1)37(28-15-7-2-8-16-28)35-25-23-33(40-35)31-21-22-32(39-31)34-24-26-36(41-34)38(29-17-9-3-10-18-29)30-19-11-4-12-20-30/h1-26H. The molecule has 0 saturated heterocycles. The minimum absolute atomic E-state index is 1.16. The SMILES string of the molecule is c1ccc(N(c2ccccc2)c2ccc(-c3ccc(-c4ccc(N(c5ccccc5)c5ccccc5)s4)s3)s2)cc1. The van der Waals surface area contributed by atoms with Crippen LogP contribution in [0, 0.1) is 0 Å². The molecule has 0 bridgehead atoms. The van der Waals surface area contributed by atoms with Gasteiger partial charge in [0.1, 0.15) is 10.0 Å². The monoisotopic (exact) mass is 582 g/mol. The smallest absolute Gasteiger partial charge is 0.101 e. The molecule has 7 aromatic rings. The second kappa shape index (κ2) is 11.6. The van der Waals surface area contributed by atoms with Gasteiger partial charge in [0.25, 0.3) is 0 Å². The second-order valence-electron chi connectivity index (χ2n) is 9.45. The molecule has 0 aliphatic rings. The summed E-state index contributed by atoms with van der Waals surface area (Å²) in [6, 6.07) is 55.8. The Kier molecular flexibility index (Phi) is 7.22. The second-order valence-corrected chi connectivity index (χ2v) is 12.7. The average molecular weight is 583 g/mol. The molecule has 7 rings (SSSR count). The first-order chi connectivity index (χ1) is 20.3. The van der Waals surface area contributed by atoms with E-state index >= 15 is 0 Å². The highest BCUT2D eigenvalue weighted by atomic mass is 32.1. The number of nitrogens with zero attached hydrogens (tertiary/aromatic N) is 2. The van der Waals surface area contributed by atoms with Gasteiger partial charge in [-0.15, -0.1) is 34.0 Å². The van der Waals surface area contributed by atoms with Crippen molar-refractivity contribution in [2.24, 2.45) is 0 Å². The summed E-state index contributed by atoms with van der Waals surface area (Å²) in [4.78, 5) is 9.79. The van der Waals surface area contributed by atoms with Crippen molar-refractivity contribution in [3.63, 3.8) is 0 Å². The van der Waals surface area contributed by atoms with E-state index in [9.17, 15) is 0 Å². The van der Waals surface area contributed by atoms with E-state index in [0.29, 0.717) is 0 Å². The van der Waals surface area contributed by atoms with Crippen LogP contribution in [-0.4, -0.2) is 0 Å². The Hall–Kier alpha value is -4.42. The predicted octanol–water partition coefficient (Wildman–Crippen LogP) is 12.1. The topological polar surface area (TPSA) is 6.48 Å². The van der Waals surface area contributed by atoms with Crippen LogP contribution < -0.4 is 9.80 Å². The zero-order valence-corrected chi connectivity index (χ0v) is 24.6. The molecule has 0 unspecified atom stereocenters. The van der Waals surface area contributed by atoms with Crippen LogP contribution in [-0.2, 0) is 0 Å². The highest BCUT2D eigenvalue weighted by Crippen LogP contribution is 2.47. The molecule has 0 aliphatic heterocycles. The fourth-order valence-corrected chi connectivity index (χ4v) is 8.16. The fraction of sp³-hybridized carbons (Fsp3) is 0. The number of benzene rings is 4. The first-order valence-electron chi connectivity index (χ1n) is 13.4. The molecule has 3 aromatic heterocycles. The van der Waals surface area contributed by atoms with Crippen molar-refractivity contribution in [3.8, 4) is 19.5 Å². The van der Waals surface area contributed by atoms with E-state index in [-0.39, 0.29) is 0 Å². The van der Waals surface area contributed by atoms with Crippen molar-refractivity contribution < 1.29 is 0 Å². The Morgan fingerprint density at radius 2 is 0.537 bits per heavy atom. The molecule has 5 heteroatoms. The summed E-state index contributed by atoms with van der Waals surface area (Å²) in [6.07, 6.45) is 0. The molecular formula is C36H26N2S3. The van der Waals surface area contributed by atoms with Gasteiger partial charge in [-0.25, -0.2) is 0 Å². The molecule has 0 fully saturated rings. The number of rotatable bonds is 8. The lowest BCUT2D eigenvalue weighted by molar-refractivity contribution is 1.32. The molecule has 0 aliphatic carbocycles. The Morgan fingerprint density at radius 3 is 0.854 bits per heavy atom. The molecule has 4 aromatic carbocycles. The highest BCUT2D eigenvalue weighted by molar-refractivity contribution is 7.28. The summed E-state index contributed by atoms with van der Waals surface area (Å²) < 4.78 is 0. The van der Waals surface area contributed by atoms with E-state index in [1.54, 1.807) is 0 Å². The van der Waals surface area contributed by atoms with Gasteiger partial charge in [0, 0.05) is 42.3 Å². The molecule has 0 N–H and O–H groups in total. The van der Waals surface area contributed by atoms with Crippen molar-refractivity contribution in [2.75, 3.05) is 9.80 Å². The van der Waals surface area contributed by atoms with Crippen LogP contribution in [0.25, 0.3) is 19.5 Å². The number of anilines is 6. The lowest BCUT2D eigenvalue weighted by atomic mass is 10.2. The van der Waals surface area contributed by atoms with Crippen LogP contribution in [0.4, 0.5) is 32.8 Å². The summed E-state index contributed by atoms with van der Waals surface area (Å²) in [6.45, 7) is 0. The van der Waals surface area contributed by atoms with Gasteiger partial charge in [0.15, 0.2) is 0 Å². The summed E-state index contributed by atoms with van der Waals surface area (Å²) in [5.41, 5.74) is 4.64. The predicted molar refractivity (Wildman–Crippen MR) is 180 cm³/mol. The summed E-state index contributed by atoms with van der Waals surface area (Å²) in [7, 11) is 0. The minimum atomic E-state index is 1.16. The first kappa shape index (κ1) is 25.5. The summed E-state index contributed by atoms with van der Waals surface area (Å²) in [5, 5.41) is 2.40. The third kappa shape index (κ3) is 5.35. The van der Waals surface area contributed by atoms with Crippen LogP contribution in [0.3, 0.4) is 0 Å². The molecule has 41 heavy (non-hydrogen) atoms. The van der Waals surface area contributed by atoms with E-state index in [4.69, 9.17) is 0 Å². The molecule has 0 amide bonds. The Morgan fingerprint density at radius 1 is 0.268 bits per heavy atom. The molecule has 2 nitrogen and oxygen atoms in total. The molecule has 198 valence electrons. The van der Waals surface area contributed by atoms with E-state index in [2.05, 4.69) is 168 Å². The Bertz CT molecular complexity index is 1620. The van der Waals surface area contributed by atoms with Crippen LogP contribution in [0.1, 0.15) is 0 Å². The molecular weight excluding hydrogens is 557 g/mol. The van der Waals surface area contributed by atoms with E-state index in [1.165, 1.54) is 29.5 Å². The molecule has 0 spiro atoms. The van der Waals surface area contributed by atoms with E-state index < -0.39 is 0 Å². The molecule has 0 atom stereocenters.